The minimum Gasteiger partial charge on any atom is -0.258 e. The summed E-state index contributed by atoms with van der Waals surface area (Å²) in [6.45, 7) is 0. The topological polar surface area (TPSA) is 105 Å². The average Bonchev–Trinajstić information content (AvgIpc) is 2.46. The number of aromatic nitrogens is 1. The number of azide groups is 1. The van der Waals surface area contributed by atoms with E-state index in [-0.39, 0.29) is 29.7 Å². The summed E-state index contributed by atoms with van der Waals surface area (Å²) in [5, 5.41) is 14.1. The van der Waals surface area contributed by atoms with E-state index in [1.807, 2.05) is 0 Å². The van der Waals surface area contributed by atoms with Crippen molar-refractivity contribution in [2.75, 3.05) is 0 Å². The standard InChI is InChI=1S/C12H10F3N5O2/c13-12(14,15)9-1-7(2-10(4-9)18-19-16)8-3-11(20(21)22)6-17-5-8/h2-3,5-6,9-10H,1,4H2/t9-,10+/m0/s1. The zero-order valence-corrected chi connectivity index (χ0v) is 11.1. The van der Waals surface area contributed by atoms with Gasteiger partial charge in [-0.3, -0.25) is 15.1 Å². The second-order valence-electron chi connectivity index (χ2n) is 4.83. The fraction of sp³-hybridized carbons (Fsp3) is 0.417. The molecule has 0 spiro atoms. The van der Waals surface area contributed by atoms with Crippen LogP contribution in [0.25, 0.3) is 16.0 Å². The van der Waals surface area contributed by atoms with Gasteiger partial charge in [-0.2, -0.15) is 13.2 Å². The quantitative estimate of drug-likeness (QED) is 0.276. The van der Waals surface area contributed by atoms with E-state index in [1.165, 1.54) is 12.3 Å². The lowest BCUT2D eigenvalue weighted by Gasteiger charge is -2.28. The predicted molar refractivity (Wildman–Crippen MR) is 70.6 cm³/mol. The van der Waals surface area contributed by atoms with Gasteiger partial charge >= 0.3 is 6.18 Å². The smallest absolute Gasteiger partial charge is 0.258 e. The molecular weight excluding hydrogens is 303 g/mol. The van der Waals surface area contributed by atoms with Gasteiger partial charge < -0.3 is 0 Å². The Hall–Kier alpha value is -2.61. The molecule has 1 heterocycles. The Morgan fingerprint density at radius 2 is 2.18 bits per heavy atom. The maximum absolute atomic E-state index is 13.0. The van der Waals surface area contributed by atoms with E-state index in [9.17, 15) is 23.3 Å². The molecule has 0 unspecified atom stereocenters. The van der Waals surface area contributed by atoms with Crippen molar-refractivity contribution in [2.45, 2.75) is 25.1 Å². The highest BCUT2D eigenvalue weighted by Crippen LogP contribution is 2.41. The fourth-order valence-corrected chi connectivity index (χ4v) is 2.32. The van der Waals surface area contributed by atoms with E-state index in [4.69, 9.17) is 5.53 Å². The highest BCUT2D eigenvalue weighted by atomic mass is 19.4. The van der Waals surface area contributed by atoms with Crippen LogP contribution in [0.4, 0.5) is 18.9 Å². The highest BCUT2D eigenvalue weighted by molar-refractivity contribution is 5.68. The molecule has 0 saturated carbocycles. The van der Waals surface area contributed by atoms with Crippen molar-refractivity contribution < 1.29 is 18.1 Å². The molecular formula is C12H10F3N5O2. The Balaban J connectivity index is 2.40. The van der Waals surface area contributed by atoms with E-state index >= 15 is 0 Å². The van der Waals surface area contributed by atoms with E-state index in [1.54, 1.807) is 0 Å². The van der Waals surface area contributed by atoms with Gasteiger partial charge in [0, 0.05) is 22.7 Å². The zero-order valence-electron chi connectivity index (χ0n) is 11.1. The van der Waals surface area contributed by atoms with Crippen LogP contribution in [0.5, 0.6) is 0 Å². The Morgan fingerprint density at radius 3 is 2.77 bits per heavy atom. The molecule has 22 heavy (non-hydrogen) atoms. The van der Waals surface area contributed by atoms with Crippen molar-refractivity contribution >= 4 is 11.3 Å². The summed E-state index contributed by atoms with van der Waals surface area (Å²) in [5.41, 5.74) is 8.58. The first kappa shape index (κ1) is 15.8. The normalized spacial score (nSPS) is 21.7. The number of allylic oxidation sites excluding steroid dienone is 1. The molecule has 1 aliphatic carbocycles. The van der Waals surface area contributed by atoms with Crippen LogP contribution in [0.2, 0.25) is 0 Å². The molecule has 0 fully saturated rings. The minimum absolute atomic E-state index is 0.223. The Kier molecular flexibility index (Phi) is 4.32. The van der Waals surface area contributed by atoms with Gasteiger partial charge in [0.1, 0.15) is 6.20 Å². The second kappa shape index (κ2) is 6.02. The molecule has 0 amide bonds. The number of pyridine rings is 1. The monoisotopic (exact) mass is 313 g/mol. The molecule has 0 aromatic carbocycles. The van der Waals surface area contributed by atoms with Gasteiger partial charge in [0.15, 0.2) is 0 Å². The van der Waals surface area contributed by atoms with Crippen molar-refractivity contribution in [1.82, 2.24) is 4.98 Å². The van der Waals surface area contributed by atoms with Gasteiger partial charge in [-0.15, -0.1) is 0 Å². The number of hydrogen-bond acceptors (Lipinski definition) is 4. The number of alkyl halides is 3. The molecule has 0 radical (unpaired) electrons. The van der Waals surface area contributed by atoms with Crippen LogP contribution in [-0.4, -0.2) is 22.1 Å². The molecule has 0 bridgehead atoms. The Morgan fingerprint density at radius 1 is 1.45 bits per heavy atom. The minimum atomic E-state index is -4.43. The maximum Gasteiger partial charge on any atom is 0.392 e. The van der Waals surface area contributed by atoms with Gasteiger partial charge in [0.2, 0.25) is 0 Å². The molecule has 1 aliphatic rings. The van der Waals surface area contributed by atoms with Crippen LogP contribution >= 0.6 is 0 Å². The van der Waals surface area contributed by atoms with E-state index in [0.717, 1.165) is 12.3 Å². The molecule has 0 aliphatic heterocycles. The average molecular weight is 313 g/mol. The lowest BCUT2D eigenvalue weighted by atomic mass is 9.83. The summed E-state index contributed by atoms with van der Waals surface area (Å²) in [5.74, 6) is -1.66. The van der Waals surface area contributed by atoms with Crippen LogP contribution in [0, 0.1) is 16.0 Å². The third-order valence-corrected chi connectivity index (χ3v) is 3.35. The molecule has 0 N–H and O–H groups in total. The third kappa shape index (κ3) is 3.53. The number of hydrogen-bond donors (Lipinski definition) is 0. The molecule has 1 aromatic heterocycles. The van der Waals surface area contributed by atoms with Crippen molar-refractivity contribution in [2.24, 2.45) is 11.0 Å². The van der Waals surface area contributed by atoms with Crippen molar-refractivity contribution in [3.05, 3.63) is 50.7 Å². The number of rotatable bonds is 3. The van der Waals surface area contributed by atoms with Gasteiger partial charge in [-0.25, -0.2) is 0 Å². The van der Waals surface area contributed by atoms with Gasteiger partial charge in [0.25, 0.3) is 5.69 Å². The molecule has 2 rings (SSSR count). The Bertz CT molecular complexity index is 667. The fourth-order valence-electron chi connectivity index (χ4n) is 2.32. The van der Waals surface area contributed by atoms with Crippen LogP contribution in [0.3, 0.4) is 0 Å². The summed E-state index contributed by atoms with van der Waals surface area (Å²) in [7, 11) is 0. The van der Waals surface area contributed by atoms with Crippen LogP contribution in [-0.2, 0) is 0 Å². The first-order valence-electron chi connectivity index (χ1n) is 6.22. The molecule has 1 aromatic rings. The molecule has 0 saturated heterocycles. The third-order valence-electron chi connectivity index (χ3n) is 3.35. The van der Waals surface area contributed by atoms with E-state index in [2.05, 4.69) is 15.0 Å². The summed E-state index contributed by atoms with van der Waals surface area (Å²) in [6.07, 6.45) is -1.42. The summed E-state index contributed by atoms with van der Waals surface area (Å²) < 4.78 is 38.9. The maximum atomic E-state index is 13.0. The summed E-state index contributed by atoms with van der Waals surface area (Å²) >= 11 is 0. The lowest BCUT2D eigenvalue weighted by Crippen LogP contribution is -2.29. The van der Waals surface area contributed by atoms with Crippen LogP contribution in [0.1, 0.15) is 18.4 Å². The SMILES string of the molecule is [N-]=[N+]=N[C@@H]1C=C(c2cncc([N+](=O)[O-])c2)C[C@H](C(F)(F)F)C1. The van der Waals surface area contributed by atoms with Crippen molar-refractivity contribution in [1.29, 1.82) is 0 Å². The van der Waals surface area contributed by atoms with E-state index < -0.39 is 23.1 Å². The molecule has 116 valence electrons. The largest absolute Gasteiger partial charge is 0.392 e. The first-order chi connectivity index (χ1) is 10.3. The predicted octanol–water partition coefficient (Wildman–Crippen LogP) is 4.02. The Labute approximate surface area is 122 Å². The van der Waals surface area contributed by atoms with Gasteiger partial charge in [-0.1, -0.05) is 11.2 Å². The first-order valence-corrected chi connectivity index (χ1v) is 6.22. The number of nitro groups is 1. The van der Waals surface area contributed by atoms with Gasteiger partial charge in [-0.05, 0) is 23.9 Å². The summed E-state index contributed by atoms with van der Waals surface area (Å²) in [6, 6.07) is 0.213. The molecule has 10 heteroatoms. The van der Waals surface area contributed by atoms with Crippen LogP contribution < -0.4 is 0 Å². The lowest BCUT2D eigenvalue weighted by molar-refractivity contribution is -0.385. The second-order valence-corrected chi connectivity index (χ2v) is 4.83. The summed E-state index contributed by atoms with van der Waals surface area (Å²) in [4.78, 5) is 16.3. The zero-order chi connectivity index (χ0) is 16.3. The van der Waals surface area contributed by atoms with E-state index in [0.29, 0.717) is 0 Å². The number of halogens is 3. The molecule has 2 atom stereocenters. The number of nitrogens with zero attached hydrogens (tertiary/aromatic N) is 5. The van der Waals surface area contributed by atoms with Gasteiger partial charge in [0.05, 0.1) is 16.9 Å². The van der Waals surface area contributed by atoms with Crippen molar-refractivity contribution in [3.8, 4) is 0 Å². The van der Waals surface area contributed by atoms with Crippen molar-refractivity contribution in [3.63, 3.8) is 0 Å². The van der Waals surface area contributed by atoms with Crippen LogP contribution in [0.15, 0.2) is 29.7 Å². The molecule has 7 nitrogen and oxygen atoms in total. The highest BCUT2D eigenvalue weighted by Gasteiger charge is 2.42.